The summed E-state index contributed by atoms with van der Waals surface area (Å²) in [5.74, 6) is 0. The molecule has 1 aromatic carbocycles. The van der Waals surface area contributed by atoms with Gasteiger partial charge in [-0.1, -0.05) is 24.3 Å². The maximum Gasteiger partial charge on any atom is 0.489 e. The van der Waals surface area contributed by atoms with Crippen LogP contribution in [-0.2, 0) is 9.31 Å². The van der Waals surface area contributed by atoms with Crippen LogP contribution in [0.25, 0.3) is 0 Å². The van der Waals surface area contributed by atoms with E-state index in [9.17, 15) is 0 Å². The Morgan fingerprint density at radius 2 is 1.55 bits per heavy atom. The first-order valence-electron chi connectivity index (χ1n) is 3.68. The Morgan fingerprint density at radius 3 is 2.09 bits per heavy atom. The second kappa shape index (κ2) is 1.87. The molecule has 2 nitrogen and oxygen atoms in total. The zero-order valence-corrected chi connectivity index (χ0v) is 5.86. The molecule has 3 heteroatoms. The Hall–Kier alpha value is -0.795. The molecule has 1 heterocycles. The molecule has 1 saturated heterocycles. The van der Waals surface area contributed by atoms with Gasteiger partial charge in [-0.3, -0.25) is 0 Å². The molecular weight excluding hydrogens is 139 g/mol. The molecule has 1 aliphatic heterocycles. The van der Waals surface area contributed by atoms with E-state index in [2.05, 4.69) is 12.1 Å². The lowest BCUT2D eigenvalue weighted by Crippen LogP contribution is -2.20. The molecule has 0 N–H and O–H groups in total. The Balaban J connectivity index is 2.13. The summed E-state index contributed by atoms with van der Waals surface area (Å²) in [4.78, 5) is 0. The summed E-state index contributed by atoms with van der Waals surface area (Å²) in [5, 5.41) is 0. The van der Waals surface area contributed by atoms with Gasteiger partial charge in [0.2, 0.25) is 0 Å². The van der Waals surface area contributed by atoms with Crippen LogP contribution in [0.3, 0.4) is 0 Å². The van der Waals surface area contributed by atoms with Crippen LogP contribution in [0.15, 0.2) is 24.3 Å². The topological polar surface area (TPSA) is 18.5 Å². The zero-order chi connectivity index (χ0) is 7.26. The number of rotatable bonds is 0. The normalized spacial score (nSPS) is 31.6. The van der Waals surface area contributed by atoms with Crippen LogP contribution in [0, 0.1) is 0 Å². The molecule has 1 radical (unpaired) electrons. The standard InChI is InChI=1S/C8H6BO2/c1-2-4-6-5(3-1)7-8(6)11-9-10-7/h1-4,7-8H/t7-,8+. The third-order valence-electron chi connectivity index (χ3n) is 2.29. The minimum Gasteiger partial charge on any atom is -0.403 e. The van der Waals surface area contributed by atoms with Gasteiger partial charge in [-0.15, -0.1) is 0 Å². The van der Waals surface area contributed by atoms with E-state index >= 15 is 0 Å². The van der Waals surface area contributed by atoms with Crippen molar-refractivity contribution in [2.24, 2.45) is 0 Å². The minimum absolute atomic E-state index is 0.172. The van der Waals surface area contributed by atoms with E-state index in [-0.39, 0.29) is 12.2 Å². The summed E-state index contributed by atoms with van der Waals surface area (Å²) in [6, 6.07) is 8.21. The van der Waals surface area contributed by atoms with Crippen molar-refractivity contribution in [2.45, 2.75) is 12.2 Å². The number of hydrogen-bond acceptors (Lipinski definition) is 2. The molecular formula is C8H6BO2. The molecule has 3 rings (SSSR count). The molecule has 1 aromatic rings. The first-order chi connectivity index (χ1) is 5.47. The van der Waals surface area contributed by atoms with Crippen LogP contribution >= 0.6 is 0 Å². The predicted octanol–water partition coefficient (Wildman–Crippen LogP) is 1.36. The molecule has 11 heavy (non-hydrogen) atoms. The van der Waals surface area contributed by atoms with E-state index < -0.39 is 0 Å². The predicted molar refractivity (Wildman–Crippen MR) is 39.8 cm³/mol. The van der Waals surface area contributed by atoms with Crippen LogP contribution in [0.5, 0.6) is 0 Å². The van der Waals surface area contributed by atoms with Crippen molar-refractivity contribution in [3.05, 3.63) is 35.4 Å². The highest BCUT2D eigenvalue weighted by Crippen LogP contribution is 2.50. The second-order valence-corrected chi connectivity index (χ2v) is 2.84. The highest BCUT2D eigenvalue weighted by molar-refractivity contribution is 6.19. The molecule has 0 saturated carbocycles. The van der Waals surface area contributed by atoms with Crippen LogP contribution in [0.2, 0.25) is 0 Å². The lowest BCUT2D eigenvalue weighted by atomic mass is 9.83. The third-order valence-corrected chi connectivity index (χ3v) is 2.29. The van der Waals surface area contributed by atoms with Crippen molar-refractivity contribution in [1.29, 1.82) is 0 Å². The second-order valence-electron chi connectivity index (χ2n) is 2.84. The average molecular weight is 145 g/mol. The Labute approximate surface area is 65.4 Å². The highest BCUT2D eigenvalue weighted by atomic mass is 16.6. The molecule has 53 valence electrons. The fraction of sp³-hybridized carbons (Fsp3) is 0.250. The largest absolute Gasteiger partial charge is 0.489 e. The number of hydrogen-bond donors (Lipinski definition) is 0. The monoisotopic (exact) mass is 145 g/mol. The van der Waals surface area contributed by atoms with Crippen molar-refractivity contribution >= 4 is 7.69 Å². The van der Waals surface area contributed by atoms with Crippen LogP contribution < -0.4 is 0 Å². The minimum atomic E-state index is 0.172. The molecule has 0 amide bonds. The molecule has 2 aliphatic rings. The molecule has 0 bridgehead atoms. The van der Waals surface area contributed by atoms with Gasteiger partial charge >= 0.3 is 7.69 Å². The SMILES string of the molecule is [B]1O[C@@H]2c3ccccc3[C@@H]2O1. The summed E-state index contributed by atoms with van der Waals surface area (Å²) < 4.78 is 10.5. The first kappa shape index (κ1) is 5.80. The summed E-state index contributed by atoms with van der Waals surface area (Å²) >= 11 is 0. The summed E-state index contributed by atoms with van der Waals surface area (Å²) in [7, 11) is 1.44. The van der Waals surface area contributed by atoms with E-state index in [4.69, 9.17) is 9.31 Å². The number of fused-ring (bicyclic) bond motifs is 4. The average Bonchev–Trinajstić information content (AvgIpc) is 2.44. The van der Waals surface area contributed by atoms with Crippen molar-refractivity contribution < 1.29 is 9.31 Å². The number of benzene rings is 1. The molecule has 0 unspecified atom stereocenters. The summed E-state index contributed by atoms with van der Waals surface area (Å²) in [6.45, 7) is 0. The molecule has 1 fully saturated rings. The van der Waals surface area contributed by atoms with Gasteiger partial charge in [-0.2, -0.15) is 0 Å². The van der Waals surface area contributed by atoms with E-state index in [1.807, 2.05) is 12.1 Å². The fourth-order valence-electron chi connectivity index (χ4n) is 1.70. The fourth-order valence-corrected chi connectivity index (χ4v) is 1.70. The lowest BCUT2D eigenvalue weighted by Gasteiger charge is -2.32. The molecule has 0 spiro atoms. The van der Waals surface area contributed by atoms with E-state index in [1.54, 1.807) is 0 Å². The van der Waals surface area contributed by atoms with Crippen molar-refractivity contribution in [3.8, 4) is 0 Å². The first-order valence-corrected chi connectivity index (χ1v) is 3.68. The van der Waals surface area contributed by atoms with E-state index in [1.165, 1.54) is 18.8 Å². The van der Waals surface area contributed by atoms with Crippen LogP contribution in [0.1, 0.15) is 23.3 Å². The van der Waals surface area contributed by atoms with Crippen molar-refractivity contribution in [2.75, 3.05) is 0 Å². The zero-order valence-electron chi connectivity index (χ0n) is 5.86. The third kappa shape index (κ3) is 0.601. The molecule has 0 aromatic heterocycles. The van der Waals surface area contributed by atoms with Gasteiger partial charge in [0.1, 0.15) is 0 Å². The molecule has 2 atom stereocenters. The highest BCUT2D eigenvalue weighted by Gasteiger charge is 2.43. The van der Waals surface area contributed by atoms with Gasteiger partial charge in [0.05, 0.1) is 12.2 Å². The summed E-state index contributed by atoms with van der Waals surface area (Å²) in [6.07, 6.45) is 0.345. The van der Waals surface area contributed by atoms with Gasteiger partial charge < -0.3 is 9.31 Å². The maximum absolute atomic E-state index is 5.23. The van der Waals surface area contributed by atoms with Gasteiger partial charge in [0.25, 0.3) is 0 Å². The van der Waals surface area contributed by atoms with Crippen molar-refractivity contribution in [3.63, 3.8) is 0 Å². The van der Waals surface area contributed by atoms with Crippen molar-refractivity contribution in [1.82, 2.24) is 0 Å². The van der Waals surface area contributed by atoms with Gasteiger partial charge in [-0.05, 0) is 11.1 Å². The Morgan fingerprint density at radius 1 is 1.00 bits per heavy atom. The van der Waals surface area contributed by atoms with Gasteiger partial charge in [0, 0.05) is 0 Å². The maximum atomic E-state index is 5.23. The summed E-state index contributed by atoms with van der Waals surface area (Å²) in [5.41, 5.74) is 2.54. The quantitative estimate of drug-likeness (QED) is 0.513. The van der Waals surface area contributed by atoms with E-state index in [0.717, 1.165) is 0 Å². The smallest absolute Gasteiger partial charge is 0.403 e. The molecule has 1 aliphatic carbocycles. The Kier molecular flexibility index (Phi) is 0.987. The van der Waals surface area contributed by atoms with Crippen LogP contribution in [0.4, 0.5) is 0 Å². The van der Waals surface area contributed by atoms with E-state index in [0.29, 0.717) is 0 Å². The van der Waals surface area contributed by atoms with Gasteiger partial charge in [0.15, 0.2) is 0 Å². The van der Waals surface area contributed by atoms with Gasteiger partial charge in [-0.25, -0.2) is 0 Å². The lowest BCUT2D eigenvalue weighted by molar-refractivity contribution is 0.121. The van der Waals surface area contributed by atoms with Crippen LogP contribution in [-0.4, -0.2) is 7.69 Å². The Bertz CT molecular complexity index is 271.